The smallest absolute Gasteiger partial charge is 0.338 e. The van der Waals surface area contributed by atoms with Crippen LogP contribution in [-0.4, -0.2) is 94.0 Å². The van der Waals surface area contributed by atoms with Gasteiger partial charge in [-0.3, -0.25) is 0 Å². The average Bonchev–Trinajstić information content (AvgIpc) is 3.72. The number of aromatic nitrogens is 1. The molecule has 1 aromatic heterocycles. The van der Waals surface area contributed by atoms with Crippen LogP contribution in [0.3, 0.4) is 0 Å². The molecular formula is C43H65N4O4S2+3. The van der Waals surface area contributed by atoms with E-state index < -0.39 is 0 Å². The zero-order valence-electron chi connectivity index (χ0n) is 34.0. The Kier molecular flexibility index (Phi) is 16.0. The predicted octanol–water partition coefficient (Wildman–Crippen LogP) is 9.32. The number of thioether (sulfide) groups is 1. The van der Waals surface area contributed by atoms with Crippen LogP contribution in [0, 0.1) is 0 Å². The number of fused-ring (bicyclic) bond motifs is 2. The molecule has 0 atom stereocenters. The summed E-state index contributed by atoms with van der Waals surface area (Å²) in [6, 6.07) is 11.9. The Balaban J connectivity index is 1.70. The van der Waals surface area contributed by atoms with Gasteiger partial charge in [0.2, 0.25) is 5.52 Å². The first-order valence-electron chi connectivity index (χ1n) is 19.9. The molecule has 0 radical (unpaired) electrons. The number of methoxy groups -OCH3 is 2. The molecular weight excluding hydrogens is 701 g/mol. The molecule has 2 aromatic carbocycles. The van der Waals surface area contributed by atoms with E-state index in [2.05, 4.69) is 82.2 Å². The number of aryl methyl sites for hydroxylation is 1. The highest BCUT2D eigenvalue weighted by Crippen LogP contribution is 2.47. The lowest BCUT2D eigenvalue weighted by Gasteiger charge is -2.36. The number of benzene rings is 2. The van der Waals surface area contributed by atoms with E-state index >= 15 is 0 Å². The second-order valence-electron chi connectivity index (χ2n) is 14.2. The van der Waals surface area contributed by atoms with Gasteiger partial charge in [-0.15, -0.1) is 0 Å². The highest BCUT2D eigenvalue weighted by atomic mass is 32.2. The van der Waals surface area contributed by atoms with Gasteiger partial charge in [-0.1, -0.05) is 30.0 Å². The standard InChI is InChI=1S/C43H65N4O4S2/c1-10-33(29-40-44(25-17-19-27-46(11-2,12-3)13-4)36-31-34(42(48)50-8)21-23-38(36)52-40)30-41-45(26-18-20-28-47(14-5,15-6)16-7)37-32-35(43(49)51-9)22-24-39(37)53-41/h21-24,29-32H,10-20,25-28H2,1-9H3/q+3. The Morgan fingerprint density at radius 2 is 1.32 bits per heavy atom. The maximum absolute atomic E-state index is 12.6. The summed E-state index contributed by atoms with van der Waals surface area (Å²) in [7, 11) is 2.88. The van der Waals surface area contributed by atoms with Crippen molar-refractivity contribution in [2.45, 2.75) is 92.0 Å². The number of hydrogen-bond donors (Lipinski definition) is 0. The molecule has 0 N–H and O–H groups in total. The molecule has 0 saturated carbocycles. The predicted molar refractivity (Wildman–Crippen MR) is 223 cm³/mol. The Bertz CT molecular complexity index is 1740. The highest BCUT2D eigenvalue weighted by Gasteiger charge is 2.29. The molecule has 4 rings (SSSR count). The molecule has 0 amide bonds. The quantitative estimate of drug-likeness (QED) is 0.0467. The number of unbranched alkanes of at least 4 members (excludes halogenated alkanes) is 2. The van der Waals surface area contributed by atoms with Crippen LogP contribution in [0.2, 0.25) is 0 Å². The van der Waals surface area contributed by atoms with Gasteiger partial charge in [0.15, 0.2) is 6.54 Å². The van der Waals surface area contributed by atoms with Crippen molar-refractivity contribution in [3.8, 4) is 0 Å². The van der Waals surface area contributed by atoms with Crippen LogP contribution < -0.4 is 9.47 Å². The average molecular weight is 766 g/mol. The number of hydrogen-bond acceptors (Lipinski definition) is 7. The minimum Gasteiger partial charge on any atom is -0.465 e. The van der Waals surface area contributed by atoms with E-state index in [9.17, 15) is 9.59 Å². The van der Waals surface area contributed by atoms with Gasteiger partial charge in [-0.25, -0.2) is 9.59 Å². The maximum atomic E-state index is 12.6. The SMILES string of the molecule is CCC(=Cc1sc2ccc(C(=O)OC)cc2[n+]1CCCC[N+](CC)(CC)CC)C=C1Sc2ccc(C(=O)OC)cc2N1CCCC[N+](CC)(CC)CC. The molecule has 1 aliphatic heterocycles. The van der Waals surface area contributed by atoms with Crippen molar-refractivity contribution in [3.05, 3.63) is 69.2 Å². The summed E-state index contributed by atoms with van der Waals surface area (Å²) in [5, 5.41) is 2.37. The van der Waals surface area contributed by atoms with Gasteiger partial charge < -0.3 is 23.3 Å². The first kappa shape index (κ1) is 42.6. The Hall–Kier alpha value is -3.18. The lowest BCUT2D eigenvalue weighted by molar-refractivity contribution is -0.923. The maximum Gasteiger partial charge on any atom is 0.338 e. The summed E-state index contributed by atoms with van der Waals surface area (Å²) in [4.78, 5) is 28.7. The molecule has 0 spiro atoms. The van der Waals surface area contributed by atoms with Gasteiger partial charge in [-0.05, 0) is 103 Å². The molecule has 10 heteroatoms. The van der Waals surface area contributed by atoms with Crippen molar-refractivity contribution in [1.29, 1.82) is 0 Å². The van der Waals surface area contributed by atoms with E-state index in [0.717, 1.165) is 114 Å². The summed E-state index contributed by atoms with van der Waals surface area (Å²) in [6.45, 7) is 27.1. The zero-order valence-corrected chi connectivity index (χ0v) is 35.6. The van der Waals surface area contributed by atoms with Crippen LogP contribution in [0.4, 0.5) is 5.69 Å². The molecule has 3 aromatic rings. The number of anilines is 1. The second-order valence-corrected chi connectivity index (χ2v) is 16.3. The fourth-order valence-electron chi connectivity index (χ4n) is 7.66. The third-order valence-corrected chi connectivity index (χ3v) is 14.1. The van der Waals surface area contributed by atoms with E-state index in [0.29, 0.717) is 11.1 Å². The minimum absolute atomic E-state index is 0.311. The summed E-state index contributed by atoms with van der Waals surface area (Å²) in [5.41, 5.74) is 4.55. The molecule has 0 saturated heterocycles. The minimum atomic E-state index is -0.311. The lowest BCUT2D eigenvalue weighted by atomic mass is 10.1. The van der Waals surface area contributed by atoms with Gasteiger partial charge in [0.05, 0.1) is 88.4 Å². The van der Waals surface area contributed by atoms with E-state index in [1.165, 1.54) is 42.9 Å². The number of nitrogens with zero attached hydrogens (tertiary/aromatic N) is 4. The number of carbonyl (C=O) groups excluding carboxylic acids is 2. The van der Waals surface area contributed by atoms with Gasteiger partial charge in [0.1, 0.15) is 4.70 Å². The van der Waals surface area contributed by atoms with Gasteiger partial charge in [-0.2, -0.15) is 4.57 Å². The van der Waals surface area contributed by atoms with Crippen molar-refractivity contribution < 1.29 is 32.6 Å². The Morgan fingerprint density at radius 3 is 1.89 bits per heavy atom. The normalized spacial score (nSPS) is 14.3. The monoisotopic (exact) mass is 765 g/mol. The van der Waals surface area contributed by atoms with Gasteiger partial charge in [0.25, 0.3) is 5.01 Å². The topological polar surface area (TPSA) is 59.7 Å². The molecule has 8 nitrogen and oxygen atoms in total. The number of rotatable bonds is 21. The number of ether oxygens (including phenoxy) is 2. The highest BCUT2D eigenvalue weighted by molar-refractivity contribution is 8.03. The molecule has 0 aliphatic carbocycles. The first-order chi connectivity index (χ1) is 25.6. The number of esters is 2. The molecule has 1 aliphatic rings. The molecule has 290 valence electrons. The van der Waals surface area contributed by atoms with Crippen molar-refractivity contribution in [1.82, 2.24) is 0 Å². The van der Waals surface area contributed by atoms with Gasteiger partial charge >= 0.3 is 11.9 Å². The molecule has 0 fully saturated rings. The van der Waals surface area contributed by atoms with Crippen LogP contribution in [0.1, 0.15) is 106 Å². The van der Waals surface area contributed by atoms with Crippen LogP contribution >= 0.6 is 23.1 Å². The lowest BCUT2D eigenvalue weighted by Crippen LogP contribution is -2.48. The van der Waals surface area contributed by atoms with Crippen LogP contribution in [0.15, 0.2) is 58.0 Å². The van der Waals surface area contributed by atoms with Crippen LogP contribution in [0.25, 0.3) is 16.3 Å². The number of quaternary nitrogens is 2. The number of carbonyl (C=O) groups is 2. The number of thiazole rings is 1. The van der Waals surface area contributed by atoms with Crippen molar-refractivity contribution >= 4 is 57.0 Å². The van der Waals surface area contributed by atoms with Crippen molar-refractivity contribution in [2.75, 3.05) is 78.0 Å². The summed E-state index contributed by atoms with van der Waals surface area (Å²) in [5.74, 6) is -0.623. The summed E-state index contributed by atoms with van der Waals surface area (Å²) >= 11 is 3.56. The van der Waals surface area contributed by atoms with E-state index in [1.807, 2.05) is 24.3 Å². The molecule has 0 bridgehead atoms. The van der Waals surface area contributed by atoms with Crippen molar-refractivity contribution in [3.63, 3.8) is 0 Å². The summed E-state index contributed by atoms with van der Waals surface area (Å²) in [6.07, 6.45) is 9.99. The second kappa shape index (κ2) is 19.9. The molecule has 2 heterocycles. The first-order valence-corrected chi connectivity index (χ1v) is 21.6. The Labute approximate surface area is 327 Å². The molecule has 53 heavy (non-hydrogen) atoms. The summed E-state index contributed by atoms with van der Waals surface area (Å²) < 4.78 is 16.1. The van der Waals surface area contributed by atoms with Crippen molar-refractivity contribution in [2.24, 2.45) is 0 Å². The van der Waals surface area contributed by atoms with E-state index in [-0.39, 0.29) is 11.9 Å². The zero-order chi connectivity index (χ0) is 38.6. The van der Waals surface area contributed by atoms with E-state index in [4.69, 9.17) is 9.47 Å². The fourth-order valence-corrected chi connectivity index (χ4v) is 9.95. The van der Waals surface area contributed by atoms with Crippen LogP contribution in [0.5, 0.6) is 0 Å². The van der Waals surface area contributed by atoms with E-state index in [1.54, 1.807) is 23.1 Å². The van der Waals surface area contributed by atoms with Gasteiger partial charge in [0, 0.05) is 36.4 Å². The third-order valence-electron chi connectivity index (χ3n) is 11.9. The number of allylic oxidation sites excluding steroid dienone is 2. The fraction of sp³-hybridized carbons (Fsp3) is 0.558. The Morgan fingerprint density at radius 1 is 0.755 bits per heavy atom. The third kappa shape index (κ3) is 10.1. The largest absolute Gasteiger partial charge is 0.465 e. The van der Waals surface area contributed by atoms with Crippen LogP contribution in [-0.2, 0) is 16.0 Å². The molecule has 0 unspecified atom stereocenters.